The van der Waals surface area contributed by atoms with Gasteiger partial charge in [-0.05, 0) is 30.9 Å². The van der Waals surface area contributed by atoms with Crippen LogP contribution in [0.4, 0.5) is 5.00 Å². The number of thiophene rings is 1. The Hall–Kier alpha value is -2.50. The van der Waals surface area contributed by atoms with Gasteiger partial charge in [0.1, 0.15) is 11.5 Å². The molecule has 2 aromatic heterocycles. The second-order valence-corrected chi connectivity index (χ2v) is 9.94. The number of anilines is 1. The minimum atomic E-state index is -3.77. The average Bonchev–Trinajstić information content (AvgIpc) is 3.24. The van der Waals surface area contributed by atoms with Crippen molar-refractivity contribution in [3.05, 3.63) is 44.7 Å². The van der Waals surface area contributed by atoms with Gasteiger partial charge in [0.15, 0.2) is 0 Å². The topological polar surface area (TPSA) is 132 Å². The summed E-state index contributed by atoms with van der Waals surface area (Å²) in [5.74, 6) is -1.15. The van der Waals surface area contributed by atoms with E-state index in [1.54, 1.807) is 13.8 Å². The molecule has 0 aliphatic heterocycles. The molecule has 1 aliphatic rings. The smallest absolute Gasteiger partial charge is 0.251 e. The molecule has 11 heteroatoms. The lowest BCUT2D eigenvalue weighted by Crippen LogP contribution is -2.33. The lowest BCUT2D eigenvalue weighted by molar-refractivity contribution is -0.116. The first-order valence-electron chi connectivity index (χ1n) is 9.63. The number of nitrogens with two attached hydrogens (primary N) is 1. The minimum absolute atomic E-state index is 0.0634. The number of primary amides is 1. The molecular weight excluding hydrogens is 428 g/mol. The minimum Gasteiger partial charge on any atom is -0.365 e. The summed E-state index contributed by atoms with van der Waals surface area (Å²) in [4.78, 5) is 37.6. The molecule has 0 bridgehead atoms. The summed E-state index contributed by atoms with van der Waals surface area (Å²) in [7, 11) is -3.77. The highest BCUT2D eigenvalue weighted by atomic mass is 32.2. The Morgan fingerprint density at radius 2 is 1.93 bits per heavy atom. The molecule has 0 atom stereocenters. The number of aromatic nitrogens is 1. The van der Waals surface area contributed by atoms with E-state index in [9.17, 15) is 22.8 Å². The molecule has 0 unspecified atom stereocenters. The Morgan fingerprint density at radius 3 is 2.57 bits per heavy atom. The predicted octanol–water partition coefficient (Wildman–Crippen LogP) is 1.17. The zero-order valence-corrected chi connectivity index (χ0v) is 18.4. The molecule has 0 radical (unpaired) electrons. The second-order valence-electron chi connectivity index (χ2n) is 6.89. The van der Waals surface area contributed by atoms with Crippen LogP contribution in [0.5, 0.6) is 0 Å². The average molecular weight is 453 g/mol. The van der Waals surface area contributed by atoms with Crippen molar-refractivity contribution in [1.29, 1.82) is 0 Å². The molecule has 162 valence electrons. The number of pyridine rings is 1. The third-order valence-corrected chi connectivity index (χ3v) is 8.27. The van der Waals surface area contributed by atoms with Crippen LogP contribution in [0.1, 0.15) is 41.1 Å². The fourth-order valence-electron chi connectivity index (χ4n) is 3.57. The fraction of sp³-hybridized carbons (Fsp3) is 0.421. The van der Waals surface area contributed by atoms with Crippen molar-refractivity contribution in [1.82, 2.24) is 8.87 Å². The molecule has 3 N–H and O–H groups in total. The maximum atomic E-state index is 12.7. The summed E-state index contributed by atoms with van der Waals surface area (Å²) < 4.78 is 27.7. The number of nitrogens with zero attached hydrogens (tertiary/aromatic N) is 2. The van der Waals surface area contributed by atoms with Crippen LogP contribution in [-0.4, -0.2) is 42.2 Å². The number of carbonyl (C=O) groups is 2. The van der Waals surface area contributed by atoms with E-state index in [0.717, 1.165) is 40.3 Å². The van der Waals surface area contributed by atoms with Gasteiger partial charge in [-0.25, -0.2) is 8.42 Å². The normalized spacial score (nSPS) is 13.4. The van der Waals surface area contributed by atoms with Crippen molar-refractivity contribution in [3.63, 3.8) is 0 Å². The molecule has 1 aliphatic carbocycles. The predicted molar refractivity (Wildman–Crippen MR) is 114 cm³/mol. The molecule has 0 spiro atoms. The third-order valence-electron chi connectivity index (χ3n) is 5.03. The number of sulfonamides is 1. The molecule has 2 aromatic rings. The zero-order chi connectivity index (χ0) is 22.1. The van der Waals surface area contributed by atoms with Crippen LogP contribution in [0.15, 0.2) is 28.0 Å². The summed E-state index contributed by atoms with van der Waals surface area (Å²) in [6.45, 7) is 3.63. The first-order chi connectivity index (χ1) is 14.2. The largest absolute Gasteiger partial charge is 0.365 e. The van der Waals surface area contributed by atoms with Crippen LogP contribution in [0.25, 0.3) is 0 Å². The second kappa shape index (κ2) is 8.70. The lowest BCUT2D eigenvalue weighted by Gasteiger charge is -2.19. The van der Waals surface area contributed by atoms with Crippen molar-refractivity contribution < 1.29 is 18.0 Å². The van der Waals surface area contributed by atoms with Gasteiger partial charge >= 0.3 is 0 Å². The van der Waals surface area contributed by atoms with Gasteiger partial charge < -0.3 is 15.6 Å². The number of nitrogens with one attached hydrogen (secondary N) is 1. The first-order valence-corrected chi connectivity index (χ1v) is 11.9. The van der Waals surface area contributed by atoms with E-state index >= 15 is 0 Å². The lowest BCUT2D eigenvalue weighted by atomic mass is 10.1. The summed E-state index contributed by atoms with van der Waals surface area (Å²) >= 11 is 1.31. The van der Waals surface area contributed by atoms with Crippen molar-refractivity contribution in [2.45, 2.75) is 44.6 Å². The van der Waals surface area contributed by atoms with Gasteiger partial charge in [-0.15, -0.1) is 11.3 Å². The number of rotatable bonds is 8. The van der Waals surface area contributed by atoms with E-state index < -0.39 is 27.4 Å². The van der Waals surface area contributed by atoms with Crippen LogP contribution in [-0.2, 0) is 34.2 Å². The Morgan fingerprint density at radius 1 is 1.23 bits per heavy atom. The van der Waals surface area contributed by atoms with E-state index in [1.807, 2.05) is 0 Å². The zero-order valence-electron chi connectivity index (χ0n) is 16.8. The van der Waals surface area contributed by atoms with Crippen molar-refractivity contribution in [2.75, 3.05) is 18.4 Å². The molecule has 9 nitrogen and oxygen atoms in total. The Bertz CT molecular complexity index is 1150. The molecular formula is C19H24N4O5S2. The number of fused-ring (bicyclic) bond motifs is 1. The summed E-state index contributed by atoms with van der Waals surface area (Å²) in [6, 6.07) is 2.36. The van der Waals surface area contributed by atoms with E-state index in [1.165, 1.54) is 27.9 Å². The van der Waals surface area contributed by atoms with Gasteiger partial charge in [0.25, 0.3) is 11.5 Å². The SMILES string of the molecule is CCN(CC)S(=O)(=O)c1ccc(=O)n(CC(=O)Nc2sc3c(c2C(N)=O)CCC3)c1. The van der Waals surface area contributed by atoms with Crippen LogP contribution in [0.2, 0.25) is 0 Å². The molecule has 0 aromatic carbocycles. The molecule has 0 saturated heterocycles. The first kappa shape index (κ1) is 22.2. The number of carbonyl (C=O) groups excluding carboxylic acids is 2. The third kappa shape index (κ3) is 4.18. The van der Waals surface area contributed by atoms with Gasteiger partial charge in [-0.1, -0.05) is 13.8 Å². The Balaban J connectivity index is 1.85. The summed E-state index contributed by atoms with van der Waals surface area (Å²) in [6.07, 6.45) is 3.68. The summed E-state index contributed by atoms with van der Waals surface area (Å²) in [5, 5.41) is 3.03. The maximum Gasteiger partial charge on any atom is 0.251 e. The van der Waals surface area contributed by atoms with Crippen molar-refractivity contribution >= 4 is 38.2 Å². The van der Waals surface area contributed by atoms with Gasteiger partial charge in [0, 0.05) is 30.2 Å². The van der Waals surface area contributed by atoms with E-state index in [-0.39, 0.29) is 24.5 Å². The highest BCUT2D eigenvalue weighted by Gasteiger charge is 2.26. The van der Waals surface area contributed by atoms with E-state index in [0.29, 0.717) is 10.6 Å². The molecule has 0 fully saturated rings. The number of aryl methyl sites for hydroxylation is 1. The van der Waals surface area contributed by atoms with Crippen LogP contribution in [0.3, 0.4) is 0 Å². The molecule has 0 saturated carbocycles. The van der Waals surface area contributed by atoms with E-state index in [2.05, 4.69) is 5.32 Å². The number of hydrogen-bond acceptors (Lipinski definition) is 6. The van der Waals surface area contributed by atoms with Crippen LogP contribution >= 0.6 is 11.3 Å². The maximum absolute atomic E-state index is 12.7. The fourth-order valence-corrected chi connectivity index (χ4v) is 6.36. The Kier molecular flexibility index (Phi) is 6.44. The van der Waals surface area contributed by atoms with Gasteiger partial charge in [0.2, 0.25) is 15.9 Å². The quantitative estimate of drug-likeness (QED) is 0.620. The van der Waals surface area contributed by atoms with Crippen molar-refractivity contribution in [3.8, 4) is 0 Å². The molecule has 3 rings (SSSR count). The molecule has 30 heavy (non-hydrogen) atoms. The van der Waals surface area contributed by atoms with Crippen molar-refractivity contribution in [2.24, 2.45) is 5.73 Å². The summed E-state index contributed by atoms with van der Waals surface area (Å²) in [5.41, 5.74) is 6.20. The highest BCUT2D eigenvalue weighted by molar-refractivity contribution is 7.89. The standard InChI is InChI=1S/C19H24N4O5S2/c1-3-23(4-2)30(27,28)12-8-9-16(25)22(10-12)11-15(24)21-19-17(18(20)26)13-6-5-7-14(13)29-19/h8-10H,3-7,11H2,1-2H3,(H2,20,26)(H,21,24). The van der Waals surface area contributed by atoms with Crippen LogP contribution < -0.4 is 16.6 Å². The van der Waals surface area contributed by atoms with Gasteiger partial charge in [0.05, 0.1) is 10.5 Å². The van der Waals surface area contributed by atoms with Crippen LogP contribution in [0, 0.1) is 0 Å². The highest BCUT2D eigenvalue weighted by Crippen LogP contribution is 2.38. The monoisotopic (exact) mass is 452 g/mol. The van der Waals surface area contributed by atoms with Gasteiger partial charge in [-0.3, -0.25) is 14.4 Å². The number of hydrogen-bond donors (Lipinski definition) is 2. The Labute approximate surface area is 178 Å². The number of amides is 2. The van der Waals surface area contributed by atoms with Gasteiger partial charge in [-0.2, -0.15) is 4.31 Å². The molecule has 2 amide bonds. The van der Waals surface area contributed by atoms with E-state index in [4.69, 9.17) is 5.73 Å². The molecule has 2 heterocycles.